The fraction of sp³-hybridized carbons (Fsp3) is 0.229. The Bertz CT molecular complexity index is 1570. The lowest BCUT2D eigenvalue weighted by molar-refractivity contribution is 0.175. The molecular weight excluding hydrogens is 524 g/mol. The Morgan fingerprint density at radius 2 is 1.67 bits per heavy atom. The maximum atomic E-state index is 10.1. The van der Waals surface area contributed by atoms with Crippen molar-refractivity contribution in [1.29, 1.82) is 10.5 Å². The van der Waals surface area contributed by atoms with Crippen molar-refractivity contribution in [3.05, 3.63) is 125 Å². The van der Waals surface area contributed by atoms with Crippen LogP contribution in [-0.4, -0.2) is 30.0 Å². The second kappa shape index (κ2) is 15.0. The summed E-state index contributed by atoms with van der Waals surface area (Å²) in [6.45, 7) is 8.26. The van der Waals surface area contributed by atoms with E-state index in [1.54, 1.807) is 36.4 Å². The maximum absolute atomic E-state index is 10.1. The van der Waals surface area contributed by atoms with E-state index >= 15 is 0 Å². The minimum absolute atomic E-state index is 0.0517. The second-order valence-electron chi connectivity index (χ2n) is 9.87. The number of benzene rings is 3. The van der Waals surface area contributed by atoms with E-state index in [0.717, 1.165) is 36.1 Å². The third-order valence-electron chi connectivity index (χ3n) is 7.18. The van der Waals surface area contributed by atoms with Crippen molar-refractivity contribution < 1.29 is 14.9 Å². The number of rotatable bonds is 12. The van der Waals surface area contributed by atoms with Crippen LogP contribution in [0.1, 0.15) is 31.2 Å². The zero-order chi connectivity index (χ0) is 29.7. The zero-order valence-electron chi connectivity index (χ0n) is 23.3. The predicted molar refractivity (Wildman–Crippen MR) is 163 cm³/mol. The van der Waals surface area contributed by atoms with Gasteiger partial charge in [-0.05, 0) is 60.1 Å². The number of hydrogen-bond acceptors (Lipinski definition) is 6. The number of unbranched alkanes of at least 4 members (excludes halogenated alkanes) is 1. The number of fused-ring (bicyclic) bond motifs is 1. The maximum Gasteiger partial charge on any atom is 0.270 e. The molecule has 1 heterocycles. The molecule has 0 saturated heterocycles. The Morgan fingerprint density at radius 3 is 2.31 bits per heavy atom. The molecule has 1 unspecified atom stereocenters. The van der Waals surface area contributed by atoms with E-state index < -0.39 is 0 Å². The summed E-state index contributed by atoms with van der Waals surface area (Å²) in [5.74, 6) is 1.29. The molecule has 1 aliphatic rings. The lowest BCUT2D eigenvalue weighted by Crippen LogP contribution is -2.22. The molecule has 0 aromatic heterocycles. The van der Waals surface area contributed by atoms with Gasteiger partial charge in [-0.25, -0.2) is 10.1 Å². The van der Waals surface area contributed by atoms with Gasteiger partial charge in [0, 0.05) is 31.4 Å². The fourth-order valence-corrected chi connectivity index (χ4v) is 4.97. The minimum atomic E-state index is -0.159. The van der Waals surface area contributed by atoms with Gasteiger partial charge in [0.05, 0.1) is 30.0 Å². The van der Waals surface area contributed by atoms with Crippen LogP contribution in [0.3, 0.4) is 0 Å². The first-order valence-electron chi connectivity index (χ1n) is 13.9. The number of hydrogen-bond donors (Lipinski definition) is 2. The summed E-state index contributed by atoms with van der Waals surface area (Å²) < 4.78 is 6.26. The molecular formula is C35H32N4O3. The van der Waals surface area contributed by atoms with Crippen LogP contribution in [0, 0.1) is 35.2 Å². The monoisotopic (exact) mass is 556 g/mol. The van der Waals surface area contributed by atoms with E-state index in [9.17, 15) is 20.7 Å². The first-order chi connectivity index (χ1) is 20.6. The predicted octanol–water partition coefficient (Wildman–Crippen LogP) is 6.86. The van der Waals surface area contributed by atoms with Crippen LogP contribution in [0.25, 0.3) is 21.5 Å². The quantitative estimate of drug-likeness (QED) is 0.109. The Hall–Kier alpha value is -5.13. The Kier molecular flexibility index (Phi) is 10.7. The molecule has 0 saturated carbocycles. The number of allylic oxidation sites excluding steroid dienone is 5. The van der Waals surface area contributed by atoms with Crippen LogP contribution in [-0.2, 0) is 0 Å². The molecule has 210 valence electrons. The number of nitrogens with zero attached hydrogens (tertiary/aromatic N) is 4. The van der Waals surface area contributed by atoms with Crippen LogP contribution in [0.4, 0.5) is 5.69 Å². The van der Waals surface area contributed by atoms with E-state index in [1.807, 2.05) is 42.5 Å². The van der Waals surface area contributed by atoms with Gasteiger partial charge in [-0.15, -0.1) is 0 Å². The second-order valence-corrected chi connectivity index (χ2v) is 9.87. The average Bonchev–Trinajstić information content (AvgIpc) is 3.39. The molecule has 0 fully saturated rings. The Balaban J connectivity index is 1.69. The largest absolute Gasteiger partial charge is 0.439 e. The molecule has 3 aromatic rings. The van der Waals surface area contributed by atoms with Gasteiger partial charge in [-0.3, -0.25) is 0 Å². The van der Waals surface area contributed by atoms with Gasteiger partial charge in [0.2, 0.25) is 5.88 Å². The molecule has 42 heavy (non-hydrogen) atoms. The molecule has 3 aromatic carbocycles. The topological polar surface area (TPSA) is 105 Å². The van der Waals surface area contributed by atoms with Gasteiger partial charge in [-0.1, -0.05) is 73.2 Å². The lowest BCUT2D eigenvalue weighted by Gasteiger charge is -2.19. The van der Waals surface area contributed by atoms with Crippen molar-refractivity contribution >= 4 is 11.3 Å². The number of ether oxygens (including phenoxy) is 1. The summed E-state index contributed by atoms with van der Waals surface area (Å²) in [6.07, 6.45) is 6.37. The number of aliphatic hydroxyl groups excluding tert-OH is 2. The lowest BCUT2D eigenvalue weighted by atomic mass is 9.96. The van der Waals surface area contributed by atoms with Crippen LogP contribution in [0.5, 0.6) is 5.75 Å². The normalized spacial score (nSPS) is 14.7. The first kappa shape index (κ1) is 29.8. The molecule has 1 aliphatic heterocycles. The Labute approximate surface area is 247 Å². The zero-order valence-corrected chi connectivity index (χ0v) is 23.3. The van der Waals surface area contributed by atoms with E-state index in [1.165, 1.54) is 0 Å². The van der Waals surface area contributed by atoms with Crippen molar-refractivity contribution in [1.82, 2.24) is 0 Å². The number of nitriles is 2. The number of aliphatic hydroxyl groups is 2. The SMILES string of the molecule is [C-]#[N+]/C(C#N)=C(\C(C#N)=CC=C1Oc2ccc(-c3ccccc3)cc2N1CCCCC(CO)CCO)c1ccccc1. The minimum Gasteiger partial charge on any atom is -0.439 e. The molecule has 2 N–H and O–H groups in total. The van der Waals surface area contributed by atoms with Crippen LogP contribution in [0.2, 0.25) is 0 Å². The highest BCUT2D eigenvalue weighted by Gasteiger charge is 2.26. The number of anilines is 1. The van der Waals surface area contributed by atoms with Crippen LogP contribution in [0.15, 0.2) is 108 Å². The molecule has 0 bridgehead atoms. The summed E-state index contributed by atoms with van der Waals surface area (Å²) in [6, 6.07) is 29.2. The average molecular weight is 557 g/mol. The van der Waals surface area contributed by atoms with Crippen molar-refractivity contribution in [2.75, 3.05) is 24.7 Å². The molecule has 7 heteroatoms. The van der Waals surface area contributed by atoms with Crippen molar-refractivity contribution in [2.45, 2.75) is 25.7 Å². The molecule has 0 amide bonds. The Morgan fingerprint density at radius 1 is 0.929 bits per heavy atom. The van der Waals surface area contributed by atoms with Gasteiger partial charge in [-0.2, -0.15) is 5.26 Å². The van der Waals surface area contributed by atoms with Crippen molar-refractivity contribution in [3.8, 4) is 29.0 Å². The van der Waals surface area contributed by atoms with Crippen molar-refractivity contribution in [2.24, 2.45) is 5.92 Å². The van der Waals surface area contributed by atoms with Gasteiger partial charge in [0.1, 0.15) is 0 Å². The first-order valence-corrected chi connectivity index (χ1v) is 13.9. The summed E-state index contributed by atoms with van der Waals surface area (Å²) in [4.78, 5) is 5.45. The van der Waals surface area contributed by atoms with Gasteiger partial charge < -0.3 is 19.8 Å². The van der Waals surface area contributed by atoms with Gasteiger partial charge in [0.25, 0.3) is 5.70 Å². The summed E-state index contributed by atoms with van der Waals surface area (Å²) in [5, 5.41) is 38.6. The van der Waals surface area contributed by atoms with Crippen LogP contribution >= 0.6 is 0 Å². The fourth-order valence-electron chi connectivity index (χ4n) is 4.97. The third-order valence-corrected chi connectivity index (χ3v) is 7.18. The highest BCUT2D eigenvalue weighted by Crippen LogP contribution is 2.42. The molecule has 7 nitrogen and oxygen atoms in total. The molecule has 1 atom stereocenters. The third kappa shape index (κ3) is 7.14. The molecule has 0 spiro atoms. The summed E-state index contributed by atoms with van der Waals surface area (Å²) in [5.41, 5.74) is 3.94. The highest BCUT2D eigenvalue weighted by molar-refractivity contribution is 5.88. The van der Waals surface area contributed by atoms with E-state index in [-0.39, 0.29) is 36.0 Å². The van der Waals surface area contributed by atoms with Gasteiger partial charge in [0.15, 0.2) is 5.75 Å². The van der Waals surface area contributed by atoms with E-state index in [4.69, 9.17) is 11.3 Å². The highest BCUT2D eigenvalue weighted by atomic mass is 16.5. The summed E-state index contributed by atoms with van der Waals surface area (Å²) >= 11 is 0. The van der Waals surface area contributed by atoms with Gasteiger partial charge >= 0.3 is 0 Å². The molecule has 4 rings (SSSR count). The van der Waals surface area contributed by atoms with Crippen LogP contribution < -0.4 is 9.64 Å². The van der Waals surface area contributed by atoms with E-state index in [2.05, 4.69) is 34.0 Å². The summed E-state index contributed by atoms with van der Waals surface area (Å²) in [7, 11) is 0. The van der Waals surface area contributed by atoms with Crippen molar-refractivity contribution in [3.63, 3.8) is 0 Å². The standard InChI is InChI=1S/C35H32N4O3/c1-38-31(24-37)35(28-13-6-3-7-14-28)30(23-36)16-18-34-39(20-9-8-10-26(25-41)19-21-40)32-22-29(15-17-33(32)42-34)27-11-4-2-5-12-27/h2-7,11-18,22,26,40-41H,8-10,19-21,25H2/b30-16?,34-18?,35-31-. The smallest absolute Gasteiger partial charge is 0.270 e. The van der Waals surface area contributed by atoms with E-state index in [0.29, 0.717) is 30.2 Å². The molecule has 0 aliphatic carbocycles. The molecule has 0 radical (unpaired) electrons.